The second-order valence-corrected chi connectivity index (χ2v) is 5.17. The monoisotopic (exact) mass is 278 g/mol. The van der Waals surface area contributed by atoms with Crippen LogP contribution in [0, 0.1) is 0 Å². The van der Waals surface area contributed by atoms with Crippen molar-refractivity contribution in [3.8, 4) is 5.75 Å². The summed E-state index contributed by atoms with van der Waals surface area (Å²) >= 11 is 0. The van der Waals surface area contributed by atoms with E-state index in [9.17, 15) is 0 Å². The molecule has 0 amide bonds. The number of ether oxygens (including phenoxy) is 2. The first-order valence-electron chi connectivity index (χ1n) is 7.51. The second kappa shape index (κ2) is 7.50. The molecule has 1 heterocycles. The fourth-order valence-corrected chi connectivity index (χ4v) is 2.69. The molecule has 1 N–H and O–H groups in total. The van der Waals surface area contributed by atoms with Gasteiger partial charge in [-0.1, -0.05) is 13.0 Å². The lowest BCUT2D eigenvalue weighted by Gasteiger charge is -2.32. The smallest absolute Gasteiger partial charge is 0.125 e. The SMILES string of the molecule is CCCNC(C)c1c(OC)cccc1N1CCOCC1. The fourth-order valence-electron chi connectivity index (χ4n) is 2.69. The third kappa shape index (κ3) is 3.44. The summed E-state index contributed by atoms with van der Waals surface area (Å²) in [5, 5.41) is 3.56. The Labute approximate surface area is 122 Å². The third-order valence-corrected chi connectivity index (χ3v) is 3.75. The van der Waals surface area contributed by atoms with Gasteiger partial charge in [0.15, 0.2) is 0 Å². The molecule has 1 atom stereocenters. The van der Waals surface area contributed by atoms with Gasteiger partial charge in [-0.05, 0) is 32.0 Å². The van der Waals surface area contributed by atoms with E-state index in [4.69, 9.17) is 9.47 Å². The lowest BCUT2D eigenvalue weighted by Crippen LogP contribution is -2.37. The van der Waals surface area contributed by atoms with Crippen molar-refractivity contribution in [1.82, 2.24) is 5.32 Å². The Morgan fingerprint density at radius 2 is 2.10 bits per heavy atom. The molecule has 0 aliphatic carbocycles. The Morgan fingerprint density at radius 1 is 1.35 bits per heavy atom. The van der Waals surface area contributed by atoms with Gasteiger partial charge in [0.05, 0.1) is 20.3 Å². The highest BCUT2D eigenvalue weighted by Crippen LogP contribution is 2.35. The molecule has 112 valence electrons. The zero-order valence-electron chi connectivity index (χ0n) is 12.8. The number of hydrogen-bond acceptors (Lipinski definition) is 4. The molecule has 0 radical (unpaired) electrons. The van der Waals surface area contributed by atoms with Gasteiger partial charge in [-0.2, -0.15) is 0 Å². The highest BCUT2D eigenvalue weighted by molar-refractivity contribution is 5.61. The van der Waals surface area contributed by atoms with E-state index < -0.39 is 0 Å². The molecule has 0 spiro atoms. The van der Waals surface area contributed by atoms with Gasteiger partial charge in [-0.15, -0.1) is 0 Å². The number of methoxy groups -OCH3 is 1. The van der Waals surface area contributed by atoms with E-state index in [1.54, 1.807) is 7.11 Å². The van der Waals surface area contributed by atoms with Crippen LogP contribution in [0.2, 0.25) is 0 Å². The first kappa shape index (κ1) is 15.1. The predicted octanol–water partition coefficient (Wildman–Crippen LogP) is 2.59. The van der Waals surface area contributed by atoms with Crippen molar-refractivity contribution >= 4 is 5.69 Å². The summed E-state index contributed by atoms with van der Waals surface area (Å²) < 4.78 is 11.0. The summed E-state index contributed by atoms with van der Waals surface area (Å²) in [6.45, 7) is 8.90. The summed E-state index contributed by atoms with van der Waals surface area (Å²) in [6, 6.07) is 6.58. The molecule has 0 aromatic heterocycles. The van der Waals surface area contributed by atoms with Crippen LogP contribution in [-0.4, -0.2) is 40.0 Å². The summed E-state index contributed by atoms with van der Waals surface area (Å²) in [6.07, 6.45) is 1.13. The lowest BCUT2D eigenvalue weighted by molar-refractivity contribution is 0.122. The number of benzene rings is 1. The Kier molecular flexibility index (Phi) is 5.68. The topological polar surface area (TPSA) is 33.7 Å². The third-order valence-electron chi connectivity index (χ3n) is 3.75. The first-order valence-corrected chi connectivity index (χ1v) is 7.51. The van der Waals surface area contributed by atoms with E-state index in [1.165, 1.54) is 11.3 Å². The highest BCUT2D eigenvalue weighted by atomic mass is 16.5. The summed E-state index contributed by atoms with van der Waals surface area (Å²) in [5.41, 5.74) is 2.52. The minimum absolute atomic E-state index is 0.281. The largest absolute Gasteiger partial charge is 0.496 e. The van der Waals surface area contributed by atoms with Crippen molar-refractivity contribution in [1.29, 1.82) is 0 Å². The van der Waals surface area contributed by atoms with Crippen LogP contribution in [0.5, 0.6) is 5.75 Å². The van der Waals surface area contributed by atoms with Gasteiger partial charge >= 0.3 is 0 Å². The van der Waals surface area contributed by atoms with E-state index in [0.29, 0.717) is 0 Å². The van der Waals surface area contributed by atoms with Crippen molar-refractivity contribution < 1.29 is 9.47 Å². The number of morpholine rings is 1. The van der Waals surface area contributed by atoms with Crippen molar-refractivity contribution in [3.63, 3.8) is 0 Å². The van der Waals surface area contributed by atoms with Crippen molar-refractivity contribution in [2.45, 2.75) is 26.3 Å². The second-order valence-electron chi connectivity index (χ2n) is 5.17. The van der Waals surface area contributed by atoms with Crippen LogP contribution < -0.4 is 15.0 Å². The molecule has 1 fully saturated rings. The predicted molar refractivity (Wildman–Crippen MR) is 82.7 cm³/mol. The van der Waals surface area contributed by atoms with E-state index in [0.717, 1.165) is 45.0 Å². The maximum absolute atomic E-state index is 5.58. The van der Waals surface area contributed by atoms with Crippen LogP contribution in [-0.2, 0) is 4.74 Å². The molecule has 1 aliphatic heterocycles. The number of anilines is 1. The fraction of sp³-hybridized carbons (Fsp3) is 0.625. The standard InChI is InChI=1S/C16H26N2O2/c1-4-8-17-13(2)16-14(6-5-7-15(16)19-3)18-9-11-20-12-10-18/h5-7,13,17H,4,8-12H2,1-3H3. The van der Waals surface area contributed by atoms with E-state index >= 15 is 0 Å². The maximum atomic E-state index is 5.58. The number of nitrogens with one attached hydrogen (secondary N) is 1. The minimum Gasteiger partial charge on any atom is -0.496 e. The van der Waals surface area contributed by atoms with Crippen LogP contribution in [0.1, 0.15) is 31.9 Å². The van der Waals surface area contributed by atoms with Gasteiger partial charge < -0.3 is 19.7 Å². The molecule has 0 bridgehead atoms. The zero-order chi connectivity index (χ0) is 14.4. The van der Waals surface area contributed by atoms with E-state index in [-0.39, 0.29) is 6.04 Å². The molecule has 4 heteroatoms. The normalized spacial score (nSPS) is 17.1. The van der Waals surface area contributed by atoms with Crippen LogP contribution in [0.25, 0.3) is 0 Å². The Bertz CT molecular complexity index is 417. The van der Waals surface area contributed by atoms with Gasteiger partial charge in [0.25, 0.3) is 0 Å². The molecule has 1 aliphatic rings. The minimum atomic E-state index is 0.281. The Hall–Kier alpha value is -1.26. The van der Waals surface area contributed by atoms with Crippen molar-refractivity contribution in [2.24, 2.45) is 0 Å². The Balaban J connectivity index is 2.29. The van der Waals surface area contributed by atoms with Gasteiger partial charge in [0.1, 0.15) is 5.75 Å². The quantitative estimate of drug-likeness (QED) is 0.867. The average Bonchev–Trinajstić information content (AvgIpc) is 2.52. The van der Waals surface area contributed by atoms with Gasteiger partial charge in [-0.25, -0.2) is 0 Å². The van der Waals surface area contributed by atoms with Crippen molar-refractivity contribution in [2.75, 3.05) is 44.9 Å². The number of hydrogen-bond donors (Lipinski definition) is 1. The molecule has 1 unspecified atom stereocenters. The summed E-state index contributed by atoms with van der Waals surface area (Å²) in [4.78, 5) is 2.39. The number of nitrogens with zero attached hydrogens (tertiary/aromatic N) is 1. The average molecular weight is 278 g/mol. The van der Waals surface area contributed by atoms with Crippen LogP contribution >= 0.6 is 0 Å². The molecular formula is C16H26N2O2. The van der Waals surface area contributed by atoms with Crippen LogP contribution in [0.4, 0.5) is 5.69 Å². The maximum Gasteiger partial charge on any atom is 0.125 e. The van der Waals surface area contributed by atoms with E-state index in [2.05, 4.69) is 36.2 Å². The van der Waals surface area contributed by atoms with E-state index in [1.807, 2.05) is 6.07 Å². The molecular weight excluding hydrogens is 252 g/mol. The first-order chi connectivity index (χ1) is 9.77. The molecule has 1 saturated heterocycles. The lowest BCUT2D eigenvalue weighted by atomic mass is 10.0. The molecule has 4 nitrogen and oxygen atoms in total. The molecule has 0 saturated carbocycles. The molecule has 20 heavy (non-hydrogen) atoms. The Morgan fingerprint density at radius 3 is 2.75 bits per heavy atom. The summed E-state index contributed by atoms with van der Waals surface area (Å²) in [5.74, 6) is 0.963. The van der Waals surface area contributed by atoms with Crippen LogP contribution in [0.15, 0.2) is 18.2 Å². The number of rotatable bonds is 6. The van der Waals surface area contributed by atoms with Gasteiger partial charge in [0.2, 0.25) is 0 Å². The van der Waals surface area contributed by atoms with Crippen LogP contribution in [0.3, 0.4) is 0 Å². The zero-order valence-corrected chi connectivity index (χ0v) is 12.8. The van der Waals surface area contributed by atoms with Gasteiger partial charge in [0, 0.05) is 30.4 Å². The highest BCUT2D eigenvalue weighted by Gasteiger charge is 2.21. The van der Waals surface area contributed by atoms with Crippen molar-refractivity contribution in [3.05, 3.63) is 23.8 Å². The summed E-state index contributed by atoms with van der Waals surface area (Å²) in [7, 11) is 1.74. The molecule has 1 aromatic carbocycles. The molecule has 2 rings (SSSR count). The molecule has 1 aromatic rings. The van der Waals surface area contributed by atoms with Gasteiger partial charge in [-0.3, -0.25) is 0 Å².